The average molecular weight is 361 g/mol. The lowest BCUT2D eigenvalue weighted by Crippen LogP contribution is -2.30. The van der Waals surface area contributed by atoms with Crippen molar-refractivity contribution >= 4 is 28.4 Å². The van der Waals surface area contributed by atoms with Crippen LogP contribution in [0.4, 0.5) is 5.69 Å². The molecule has 1 amide bonds. The molecular weight excluding hydrogens is 342 g/mol. The lowest BCUT2D eigenvalue weighted by atomic mass is 10.2. The first kappa shape index (κ1) is 18.7. The van der Waals surface area contributed by atoms with Crippen LogP contribution in [0, 0.1) is 0 Å². The van der Waals surface area contributed by atoms with Crippen molar-refractivity contribution in [1.82, 2.24) is 0 Å². The molecule has 0 heterocycles. The van der Waals surface area contributed by atoms with Crippen LogP contribution in [-0.2, 0) is 20.3 Å². The van der Waals surface area contributed by atoms with Gasteiger partial charge in [-0.05, 0) is 31.2 Å². The van der Waals surface area contributed by atoms with E-state index in [1.54, 1.807) is 42.5 Å². The van der Waals surface area contributed by atoms with Gasteiger partial charge in [0.25, 0.3) is 5.91 Å². The molecule has 0 spiro atoms. The second-order valence-corrected chi connectivity index (χ2v) is 6.54. The number of ether oxygens (including phenoxy) is 2. The van der Waals surface area contributed by atoms with Gasteiger partial charge in [-0.2, -0.15) is 0 Å². The van der Waals surface area contributed by atoms with Crippen LogP contribution in [0.2, 0.25) is 0 Å². The van der Waals surface area contributed by atoms with Crippen LogP contribution < -0.4 is 10.1 Å². The Kier molecular flexibility index (Phi) is 6.30. The van der Waals surface area contributed by atoms with Crippen molar-refractivity contribution in [1.29, 1.82) is 0 Å². The van der Waals surface area contributed by atoms with E-state index in [-0.39, 0.29) is 5.56 Å². The number of hydrogen-bond donors (Lipinski definition) is 1. The van der Waals surface area contributed by atoms with Crippen LogP contribution in [0.25, 0.3) is 0 Å². The summed E-state index contributed by atoms with van der Waals surface area (Å²) in [5, 5.41) is 2.65. The third kappa shape index (κ3) is 4.67. The molecule has 0 bridgehead atoms. The molecule has 0 unspecified atom stereocenters. The van der Waals surface area contributed by atoms with E-state index in [1.807, 2.05) is 0 Å². The van der Waals surface area contributed by atoms with E-state index in [1.165, 1.54) is 26.4 Å². The van der Waals surface area contributed by atoms with Crippen LogP contribution in [0.3, 0.4) is 0 Å². The van der Waals surface area contributed by atoms with Crippen molar-refractivity contribution in [3.8, 4) is 5.75 Å². The summed E-state index contributed by atoms with van der Waals surface area (Å²) in [6.45, 7) is 1.47. The Morgan fingerprint density at radius 1 is 1.08 bits per heavy atom. The summed E-state index contributed by atoms with van der Waals surface area (Å²) in [4.78, 5) is 24.9. The maximum atomic E-state index is 12.3. The topological polar surface area (TPSA) is 81.7 Å². The molecule has 7 heteroatoms. The van der Waals surface area contributed by atoms with E-state index in [9.17, 15) is 13.8 Å². The van der Waals surface area contributed by atoms with Crippen molar-refractivity contribution in [3.63, 3.8) is 0 Å². The normalized spacial score (nSPS) is 12.8. The lowest BCUT2D eigenvalue weighted by molar-refractivity contribution is -0.123. The van der Waals surface area contributed by atoms with Gasteiger partial charge in [0.05, 0.1) is 34.1 Å². The van der Waals surface area contributed by atoms with Gasteiger partial charge in [-0.25, -0.2) is 4.79 Å². The molecule has 6 nitrogen and oxygen atoms in total. The molecule has 2 aromatic rings. The van der Waals surface area contributed by atoms with Gasteiger partial charge >= 0.3 is 5.97 Å². The number of methoxy groups -OCH3 is 1. The van der Waals surface area contributed by atoms with Crippen molar-refractivity contribution in [3.05, 3.63) is 54.1 Å². The van der Waals surface area contributed by atoms with Gasteiger partial charge in [-0.1, -0.05) is 24.3 Å². The number of rotatable bonds is 6. The van der Waals surface area contributed by atoms with Gasteiger partial charge < -0.3 is 14.8 Å². The summed E-state index contributed by atoms with van der Waals surface area (Å²) in [6, 6.07) is 13.4. The van der Waals surface area contributed by atoms with E-state index >= 15 is 0 Å². The first-order chi connectivity index (χ1) is 11.9. The van der Waals surface area contributed by atoms with Crippen molar-refractivity contribution < 1.29 is 23.3 Å². The fourth-order valence-corrected chi connectivity index (χ4v) is 2.88. The van der Waals surface area contributed by atoms with E-state index in [0.29, 0.717) is 16.3 Å². The summed E-state index contributed by atoms with van der Waals surface area (Å²) in [5.74, 6) is -0.692. The smallest absolute Gasteiger partial charge is 0.340 e. The third-order valence-corrected chi connectivity index (χ3v) is 4.41. The van der Waals surface area contributed by atoms with Gasteiger partial charge in [0.2, 0.25) is 0 Å². The second-order valence-electron chi connectivity index (χ2n) is 5.19. The predicted octanol–water partition coefficient (Wildman–Crippen LogP) is 2.62. The molecule has 0 aliphatic carbocycles. The highest BCUT2D eigenvalue weighted by Gasteiger charge is 2.22. The van der Waals surface area contributed by atoms with Gasteiger partial charge in [0, 0.05) is 6.26 Å². The zero-order valence-corrected chi connectivity index (χ0v) is 15.0. The third-order valence-electron chi connectivity index (χ3n) is 3.43. The Balaban J connectivity index is 2.09. The van der Waals surface area contributed by atoms with Crippen LogP contribution >= 0.6 is 0 Å². The van der Waals surface area contributed by atoms with Crippen LogP contribution in [0.1, 0.15) is 17.3 Å². The molecule has 2 atom stereocenters. The molecule has 0 aliphatic heterocycles. The molecule has 0 saturated carbocycles. The standard InChI is InChI=1S/C18H19NO5S/c1-12(17(20)19-14-9-5-6-10-15(14)23-2)24-18(21)13-8-4-7-11-16(13)25(3)22/h4-12H,1-3H3,(H,19,20)/t12-,25+/m0/s1. The maximum absolute atomic E-state index is 12.3. The van der Waals surface area contributed by atoms with Crippen molar-refractivity contribution in [2.75, 3.05) is 18.7 Å². The maximum Gasteiger partial charge on any atom is 0.340 e. The average Bonchev–Trinajstić information content (AvgIpc) is 2.61. The first-order valence-corrected chi connectivity index (χ1v) is 9.07. The minimum Gasteiger partial charge on any atom is -0.495 e. The van der Waals surface area contributed by atoms with E-state index in [0.717, 1.165) is 0 Å². The number of carbonyl (C=O) groups excluding carboxylic acids is 2. The minimum atomic E-state index is -1.34. The minimum absolute atomic E-state index is 0.181. The monoisotopic (exact) mass is 361 g/mol. The fourth-order valence-electron chi connectivity index (χ4n) is 2.15. The van der Waals surface area contributed by atoms with Crippen LogP contribution in [-0.4, -0.2) is 35.6 Å². The Morgan fingerprint density at radius 2 is 1.72 bits per heavy atom. The number of para-hydroxylation sites is 2. The molecule has 0 aromatic heterocycles. The Bertz CT molecular complexity index is 806. The Labute approximate surface area is 148 Å². The lowest BCUT2D eigenvalue weighted by Gasteiger charge is -2.15. The molecular formula is C18H19NO5S. The number of amides is 1. The number of esters is 1. The molecule has 2 aromatic carbocycles. The Morgan fingerprint density at radius 3 is 2.40 bits per heavy atom. The fraction of sp³-hybridized carbons (Fsp3) is 0.222. The summed E-state index contributed by atoms with van der Waals surface area (Å²) in [5.41, 5.74) is 0.660. The summed E-state index contributed by atoms with van der Waals surface area (Å²) in [6.07, 6.45) is 0.444. The van der Waals surface area contributed by atoms with Crippen LogP contribution in [0.15, 0.2) is 53.4 Å². The molecule has 0 saturated heterocycles. The van der Waals surface area contributed by atoms with Gasteiger partial charge in [-0.3, -0.25) is 9.00 Å². The highest BCUT2D eigenvalue weighted by molar-refractivity contribution is 7.84. The molecule has 0 radical (unpaired) electrons. The molecule has 25 heavy (non-hydrogen) atoms. The first-order valence-electron chi connectivity index (χ1n) is 7.51. The molecule has 2 rings (SSSR count). The van der Waals surface area contributed by atoms with Gasteiger partial charge in [0.1, 0.15) is 5.75 Å². The molecule has 1 N–H and O–H groups in total. The Hall–Kier alpha value is -2.67. The number of benzene rings is 2. The predicted molar refractivity (Wildman–Crippen MR) is 95.3 cm³/mol. The highest BCUT2D eigenvalue weighted by Crippen LogP contribution is 2.23. The van der Waals surface area contributed by atoms with Crippen molar-refractivity contribution in [2.45, 2.75) is 17.9 Å². The SMILES string of the molecule is COc1ccccc1NC(=O)[C@H](C)OC(=O)c1ccccc1[S@@](C)=O. The number of nitrogens with one attached hydrogen (secondary N) is 1. The second kappa shape index (κ2) is 8.43. The number of anilines is 1. The zero-order valence-electron chi connectivity index (χ0n) is 14.1. The molecule has 0 aliphatic rings. The van der Waals surface area contributed by atoms with E-state index < -0.39 is 28.8 Å². The quantitative estimate of drug-likeness (QED) is 0.800. The highest BCUT2D eigenvalue weighted by atomic mass is 32.2. The zero-order chi connectivity index (χ0) is 18.4. The van der Waals surface area contributed by atoms with Crippen LogP contribution in [0.5, 0.6) is 5.75 Å². The number of hydrogen-bond acceptors (Lipinski definition) is 5. The summed E-state index contributed by atoms with van der Waals surface area (Å²) in [7, 11) is 0.156. The summed E-state index contributed by atoms with van der Waals surface area (Å²) < 4.78 is 22.1. The number of carbonyl (C=O) groups is 2. The van der Waals surface area contributed by atoms with Gasteiger partial charge in [0.15, 0.2) is 6.10 Å². The largest absolute Gasteiger partial charge is 0.495 e. The van der Waals surface area contributed by atoms with Gasteiger partial charge in [-0.15, -0.1) is 0 Å². The molecule has 132 valence electrons. The molecule has 0 fully saturated rings. The van der Waals surface area contributed by atoms with Crippen molar-refractivity contribution in [2.24, 2.45) is 0 Å². The van der Waals surface area contributed by atoms with E-state index in [4.69, 9.17) is 9.47 Å². The summed E-state index contributed by atoms with van der Waals surface area (Å²) >= 11 is 0. The van der Waals surface area contributed by atoms with E-state index in [2.05, 4.69) is 5.32 Å².